The number of nitrogens with two attached hydrogens (primary N) is 1. The van der Waals surface area contributed by atoms with E-state index < -0.39 is 0 Å². The van der Waals surface area contributed by atoms with Crippen molar-refractivity contribution in [3.05, 3.63) is 22.3 Å². The van der Waals surface area contributed by atoms with Gasteiger partial charge in [0.2, 0.25) is 0 Å². The van der Waals surface area contributed by atoms with Gasteiger partial charge in [0.1, 0.15) is 5.82 Å². The average molecular weight is 270 g/mol. The van der Waals surface area contributed by atoms with E-state index in [1.807, 2.05) is 6.20 Å². The van der Waals surface area contributed by atoms with Crippen molar-refractivity contribution >= 4 is 21.7 Å². The first kappa shape index (κ1) is 10.9. The van der Waals surface area contributed by atoms with Gasteiger partial charge in [-0.25, -0.2) is 4.98 Å². The number of anilines is 1. The number of pyridine rings is 1. The van der Waals surface area contributed by atoms with E-state index in [-0.39, 0.29) is 6.04 Å². The van der Waals surface area contributed by atoms with Crippen LogP contribution in [0.5, 0.6) is 0 Å². The monoisotopic (exact) mass is 269 g/mol. The molecule has 0 radical (unpaired) electrons. The molecule has 1 saturated carbocycles. The normalized spacial score (nSPS) is 25.5. The Morgan fingerprint density at radius 3 is 2.93 bits per heavy atom. The molecule has 2 unspecified atom stereocenters. The number of aromatic nitrogens is 1. The van der Waals surface area contributed by atoms with Gasteiger partial charge in [-0.3, -0.25) is 0 Å². The minimum absolute atomic E-state index is 0.274. The maximum atomic E-state index is 6.00. The van der Waals surface area contributed by atoms with Crippen LogP contribution in [-0.4, -0.2) is 17.1 Å². The molecular weight excluding hydrogens is 254 g/mol. The largest absolute Gasteiger partial charge is 0.366 e. The molecule has 0 bridgehead atoms. The van der Waals surface area contributed by atoms with Crippen molar-refractivity contribution in [1.29, 1.82) is 0 Å². The van der Waals surface area contributed by atoms with Crippen molar-refractivity contribution in [1.82, 2.24) is 4.98 Å². The van der Waals surface area contributed by atoms with Gasteiger partial charge in [-0.1, -0.05) is 0 Å². The first-order chi connectivity index (χ1) is 7.16. The first-order valence-electron chi connectivity index (χ1n) is 5.31. The molecule has 1 aliphatic rings. The number of hydrogen-bond acceptors (Lipinski definition) is 3. The lowest BCUT2D eigenvalue weighted by atomic mass is 10.2. The van der Waals surface area contributed by atoms with E-state index >= 15 is 0 Å². The van der Waals surface area contributed by atoms with E-state index in [2.05, 4.69) is 39.2 Å². The number of rotatable bonds is 2. The molecule has 2 atom stereocenters. The summed E-state index contributed by atoms with van der Waals surface area (Å²) in [7, 11) is 0. The van der Waals surface area contributed by atoms with Crippen molar-refractivity contribution in [3.63, 3.8) is 0 Å². The van der Waals surface area contributed by atoms with Crippen LogP contribution in [-0.2, 0) is 0 Å². The van der Waals surface area contributed by atoms with Gasteiger partial charge in [0.25, 0.3) is 0 Å². The van der Waals surface area contributed by atoms with Gasteiger partial charge in [-0.2, -0.15) is 0 Å². The molecule has 4 heteroatoms. The quantitative estimate of drug-likeness (QED) is 0.867. The smallest absolute Gasteiger partial charge is 0.126 e. The summed E-state index contributed by atoms with van der Waals surface area (Å²) in [6.45, 7) is 2.06. The van der Waals surface area contributed by atoms with Crippen molar-refractivity contribution in [2.24, 2.45) is 5.73 Å². The first-order valence-corrected chi connectivity index (χ1v) is 6.10. The topological polar surface area (TPSA) is 50.9 Å². The summed E-state index contributed by atoms with van der Waals surface area (Å²) < 4.78 is 1.05. The molecule has 0 spiro atoms. The predicted molar refractivity (Wildman–Crippen MR) is 65.9 cm³/mol. The molecule has 0 saturated heterocycles. The molecule has 82 valence electrons. The zero-order valence-electron chi connectivity index (χ0n) is 8.83. The van der Waals surface area contributed by atoms with Crippen LogP contribution in [0.4, 0.5) is 5.82 Å². The molecule has 0 aliphatic heterocycles. The Labute approximate surface area is 98.6 Å². The Balaban J connectivity index is 2.07. The van der Waals surface area contributed by atoms with Crippen LogP contribution < -0.4 is 11.1 Å². The zero-order valence-corrected chi connectivity index (χ0v) is 10.4. The predicted octanol–water partition coefficient (Wildman–Crippen LogP) is 2.44. The fourth-order valence-corrected chi connectivity index (χ4v) is 2.19. The molecule has 2 rings (SSSR count). The van der Waals surface area contributed by atoms with Gasteiger partial charge in [-0.05, 0) is 53.7 Å². The highest BCUT2D eigenvalue weighted by Crippen LogP contribution is 2.23. The van der Waals surface area contributed by atoms with Gasteiger partial charge in [0.05, 0.1) is 0 Å². The molecule has 1 aromatic heterocycles. The molecule has 1 fully saturated rings. The Bertz CT molecular complexity index is 354. The average Bonchev–Trinajstić information content (AvgIpc) is 2.59. The van der Waals surface area contributed by atoms with Crippen LogP contribution >= 0.6 is 15.9 Å². The third-order valence-corrected chi connectivity index (χ3v) is 3.78. The Morgan fingerprint density at radius 2 is 2.33 bits per heavy atom. The van der Waals surface area contributed by atoms with Crippen molar-refractivity contribution in [3.8, 4) is 0 Å². The number of halogens is 1. The number of nitrogens with one attached hydrogen (secondary N) is 1. The van der Waals surface area contributed by atoms with Crippen molar-refractivity contribution in [2.75, 3.05) is 5.32 Å². The molecule has 0 amide bonds. The van der Waals surface area contributed by atoms with Crippen molar-refractivity contribution in [2.45, 2.75) is 38.3 Å². The fourth-order valence-electron chi connectivity index (χ4n) is 1.98. The second-order valence-electron chi connectivity index (χ2n) is 4.16. The Kier molecular flexibility index (Phi) is 3.26. The molecule has 15 heavy (non-hydrogen) atoms. The minimum atomic E-state index is 0.274. The highest BCUT2D eigenvalue weighted by Gasteiger charge is 2.23. The van der Waals surface area contributed by atoms with Gasteiger partial charge in [0.15, 0.2) is 0 Å². The van der Waals surface area contributed by atoms with Crippen LogP contribution in [0.15, 0.2) is 16.7 Å². The van der Waals surface area contributed by atoms with Crippen LogP contribution in [0.25, 0.3) is 0 Å². The second-order valence-corrected chi connectivity index (χ2v) is 5.02. The lowest BCUT2D eigenvalue weighted by Crippen LogP contribution is -2.35. The Morgan fingerprint density at radius 1 is 1.53 bits per heavy atom. The summed E-state index contributed by atoms with van der Waals surface area (Å²) in [5, 5.41) is 3.40. The van der Waals surface area contributed by atoms with Crippen LogP contribution in [0.2, 0.25) is 0 Å². The molecular formula is C11H16BrN3. The molecule has 3 N–H and O–H groups in total. The fraction of sp³-hybridized carbons (Fsp3) is 0.545. The molecule has 1 aromatic rings. The van der Waals surface area contributed by atoms with Gasteiger partial charge in [-0.15, -0.1) is 0 Å². The van der Waals surface area contributed by atoms with Crippen molar-refractivity contribution < 1.29 is 0 Å². The maximum absolute atomic E-state index is 6.00. The summed E-state index contributed by atoms with van der Waals surface area (Å²) in [5.74, 6) is 0.929. The van der Waals surface area contributed by atoms with Gasteiger partial charge in [0, 0.05) is 22.8 Å². The summed E-state index contributed by atoms with van der Waals surface area (Å²) in [5.41, 5.74) is 7.19. The lowest BCUT2D eigenvalue weighted by molar-refractivity contribution is 0.635. The lowest BCUT2D eigenvalue weighted by Gasteiger charge is -2.18. The molecule has 3 nitrogen and oxygen atoms in total. The van der Waals surface area contributed by atoms with E-state index in [1.165, 1.54) is 12.0 Å². The number of aryl methyl sites for hydroxylation is 1. The number of hydrogen-bond donors (Lipinski definition) is 2. The summed E-state index contributed by atoms with van der Waals surface area (Å²) in [6, 6.07) is 2.71. The Hall–Kier alpha value is -0.610. The zero-order chi connectivity index (χ0) is 10.8. The van der Waals surface area contributed by atoms with E-state index in [0.29, 0.717) is 6.04 Å². The standard InChI is InChI=1S/C11H16BrN3/c1-7-5-11(14-6-8(7)12)15-10-4-2-3-9(10)13/h5-6,9-10H,2-4,13H2,1H3,(H,14,15). The number of nitrogens with zero attached hydrogens (tertiary/aromatic N) is 1. The van der Waals surface area contributed by atoms with E-state index in [9.17, 15) is 0 Å². The third-order valence-electron chi connectivity index (χ3n) is 2.95. The highest BCUT2D eigenvalue weighted by molar-refractivity contribution is 9.10. The van der Waals surface area contributed by atoms with E-state index in [4.69, 9.17) is 5.73 Å². The molecule has 0 aromatic carbocycles. The van der Waals surface area contributed by atoms with Crippen LogP contribution in [0.1, 0.15) is 24.8 Å². The van der Waals surface area contributed by atoms with Gasteiger partial charge >= 0.3 is 0 Å². The maximum Gasteiger partial charge on any atom is 0.126 e. The summed E-state index contributed by atoms with van der Waals surface area (Å²) >= 11 is 3.44. The molecule has 1 heterocycles. The summed E-state index contributed by atoms with van der Waals surface area (Å²) in [6.07, 6.45) is 5.32. The van der Waals surface area contributed by atoms with E-state index in [1.54, 1.807) is 0 Å². The minimum Gasteiger partial charge on any atom is -0.366 e. The van der Waals surface area contributed by atoms with Crippen LogP contribution in [0, 0.1) is 6.92 Å². The molecule has 1 aliphatic carbocycles. The second kappa shape index (κ2) is 4.49. The highest BCUT2D eigenvalue weighted by atomic mass is 79.9. The third kappa shape index (κ3) is 2.49. The summed E-state index contributed by atoms with van der Waals surface area (Å²) in [4.78, 5) is 4.32. The van der Waals surface area contributed by atoms with Gasteiger partial charge < -0.3 is 11.1 Å². The SMILES string of the molecule is Cc1cc(NC2CCCC2N)ncc1Br. The van der Waals surface area contributed by atoms with E-state index in [0.717, 1.165) is 23.1 Å². The van der Waals surface area contributed by atoms with Crippen LogP contribution in [0.3, 0.4) is 0 Å².